The van der Waals surface area contributed by atoms with E-state index in [1.54, 1.807) is 7.11 Å². The Morgan fingerprint density at radius 2 is 1.70 bits per heavy atom. The monoisotopic (exact) mass is 437 g/mol. The topological polar surface area (TPSA) is 60.0 Å². The molecule has 0 radical (unpaired) electrons. The molecule has 0 saturated heterocycles. The van der Waals surface area contributed by atoms with Crippen LogP contribution >= 0.6 is 22.6 Å². The van der Waals surface area contributed by atoms with Gasteiger partial charge in [0.1, 0.15) is 6.23 Å². The normalized spacial score (nSPS) is 12.5. The van der Waals surface area contributed by atoms with Gasteiger partial charge in [0.05, 0.1) is 33.0 Å². The van der Waals surface area contributed by atoms with E-state index in [9.17, 15) is 5.11 Å². The van der Waals surface area contributed by atoms with E-state index in [4.69, 9.17) is 14.2 Å². The van der Waals surface area contributed by atoms with Gasteiger partial charge in [-0.2, -0.15) is 0 Å². The highest BCUT2D eigenvalue weighted by Gasteiger charge is 2.03. The number of rotatable bonds is 14. The van der Waals surface area contributed by atoms with Crippen molar-refractivity contribution in [2.75, 3.05) is 46.7 Å². The van der Waals surface area contributed by atoms with Crippen LogP contribution < -0.4 is 5.32 Å². The SMILES string of the molecule is COCCOCCOCCNC(O)CCCc1ccc(I)cc1. The largest absolute Gasteiger partial charge is 0.382 e. The molecule has 0 aliphatic heterocycles. The third-order valence-electron chi connectivity index (χ3n) is 3.29. The maximum atomic E-state index is 9.86. The Bertz CT molecular complexity index is 389. The van der Waals surface area contributed by atoms with Gasteiger partial charge >= 0.3 is 0 Å². The van der Waals surface area contributed by atoms with Crippen LogP contribution in [0.4, 0.5) is 0 Å². The zero-order valence-electron chi connectivity index (χ0n) is 13.8. The molecule has 2 N–H and O–H groups in total. The van der Waals surface area contributed by atoms with Crippen LogP contribution in [0.2, 0.25) is 0 Å². The molecular formula is C17H28INO4. The van der Waals surface area contributed by atoms with Gasteiger partial charge in [0.2, 0.25) is 0 Å². The molecule has 132 valence electrons. The number of halogens is 1. The minimum Gasteiger partial charge on any atom is -0.382 e. The van der Waals surface area contributed by atoms with Gasteiger partial charge in [-0.15, -0.1) is 0 Å². The van der Waals surface area contributed by atoms with E-state index in [0.29, 0.717) is 39.6 Å². The number of aliphatic hydroxyl groups is 1. The predicted molar refractivity (Wildman–Crippen MR) is 99.6 cm³/mol. The Kier molecular flexibility index (Phi) is 12.8. The van der Waals surface area contributed by atoms with Crippen molar-refractivity contribution in [2.45, 2.75) is 25.5 Å². The predicted octanol–water partition coefficient (Wildman–Crippen LogP) is 2.20. The summed E-state index contributed by atoms with van der Waals surface area (Å²) in [5, 5.41) is 12.9. The highest BCUT2D eigenvalue weighted by Crippen LogP contribution is 2.10. The molecule has 0 aromatic heterocycles. The molecule has 0 aliphatic carbocycles. The first-order valence-corrected chi connectivity index (χ1v) is 9.10. The summed E-state index contributed by atoms with van der Waals surface area (Å²) >= 11 is 2.30. The van der Waals surface area contributed by atoms with E-state index >= 15 is 0 Å². The van der Waals surface area contributed by atoms with Crippen molar-refractivity contribution in [1.29, 1.82) is 0 Å². The lowest BCUT2D eigenvalue weighted by Gasteiger charge is -2.13. The summed E-state index contributed by atoms with van der Waals surface area (Å²) in [7, 11) is 1.65. The first-order chi connectivity index (χ1) is 11.2. The molecular weight excluding hydrogens is 409 g/mol. The number of ether oxygens (including phenoxy) is 3. The molecule has 1 unspecified atom stereocenters. The second kappa shape index (κ2) is 14.1. The van der Waals surface area contributed by atoms with Crippen LogP contribution in [0.3, 0.4) is 0 Å². The van der Waals surface area contributed by atoms with Gasteiger partial charge in [0.25, 0.3) is 0 Å². The van der Waals surface area contributed by atoms with Gasteiger partial charge in [0, 0.05) is 17.2 Å². The molecule has 0 saturated carbocycles. The van der Waals surface area contributed by atoms with Gasteiger partial charge in [0.15, 0.2) is 0 Å². The molecule has 0 heterocycles. The van der Waals surface area contributed by atoms with Crippen molar-refractivity contribution in [3.8, 4) is 0 Å². The first kappa shape index (κ1) is 20.8. The molecule has 0 fully saturated rings. The number of nitrogens with one attached hydrogen (secondary N) is 1. The van der Waals surface area contributed by atoms with E-state index in [-0.39, 0.29) is 0 Å². The average Bonchev–Trinajstić information content (AvgIpc) is 2.55. The van der Waals surface area contributed by atoms with E-state index in [1.165, 1.54) is 9.13 Å². The van der Waals surface area contributed by atoms with Crippen LogP contribution in [-0.4, -0.2) is 58.0 Å². The second-order valence-electron chi connectivity index (χ2n) is 5.21. The Hall–Kier alpha value is -0.250. The van der Waals surface area contributed by atoms with E-state index in [0.717, 1.165) is 19.3 Å². The molecule has 1 rings (SSSR count). The van der Waals surface area contributed by atoms with Crippen molar-refractivity contribution >= 4 is 22.6 Å². The minimum absolute atomic E-state index is 0.472. The summed E-state index contributed by atoms with van der Waals surface area (Å²) in [6, 6.07) is 8.51. The third-order valence-corrected chi connectivity index (χ3v) is 4.01. The average molecular weight is 437 g/mol. The standard InChI is InChI=1S/C17H28INO4/c1-21-11-12-23-14-13-22-10-9-19-17(20)4-2-3-15-5-7-16(18)8-6-15/h5-8,17,19-20H,2-4,9-14H2,1H3. The summed E-state index contributed by atoms with van der Waals surface area (Å²) in [6.07, 6.45) is 2.22. The number of aryl methyl sites for hydroxylation is 1. The van der Waals surface area contributed by atoms with E-state index in [1.807, 2.05) is 0 Å². The van der Waals surface area contributed by atoms with Crippen molar-refractivity contribution < 1.29 is 19.3 Å². The Morgan fingerprint density at radius 1 is 1.04 bits per heavy atom. The summed E-state index contributed by atoms with van der Waals surface area (Å²) in [4.78, 5) is 0. The molecule has 1 aromatic carbocycles. The molecule has 6 heteroatoms. The maximum absolute atomic E-state index is 9.86. The zero-order chi connectivity index (χ0) is 16.8. The fraction of sp³-hybridized carbons (Fsp3) is 0.647. The van der Waals surface area contributed by atoms with Crippen molar-refractivity contribution in [3.05, 3.63) is 33.4 Å². The maximum Gasteiger partial charge on any atom is 0.104 e. The summed E-state index contributed by atoms with van der Waals surface area (Å²) in [5.41, 5.74) is 1.31. The zero-order valence-corrected chi connectivity index (χ0v) is 16.0. The van der Waals surface area contributed by atoms with Crippen LogP contribution in [0.15, 0.2) is 24.3 Å². The van der Waals surface area contributed by atoms with E-state index in [2.05, 4.69) is 52.2 Å². The van der Waals surface area contributed by atoms with Crippen LogP contribution in [0.25, 0.3) is 0 Å². The van der Waals surface area contributed by atoms with Crippen LogP contribution in [0, 0.1) is 3.57 Å². The second-order valence-corrected chi connectivity index (χ2v) is 6.45. The summed E-state index contributed by atoms with van der Waals surface area (Å²) < 4.78 is 16.8. The number of hydrogen-bond acceptors (Lipinski definition) is 5. The fourth-order valence-corrected chi connectivity index (χ4v) is 2.37. The Labute approximate surface area is 152 Å². The van der Waals surface area contributed by atoms with Gasteiger partial charge in [-0.1, -0.05) is 12.1 Å². The highest BCUT2D eigenvalue weighted by molar-refractivity contribution is 14.1. The lowest BCUT2D eigenvalue weighted by atomic mass is 10.1. The molecule has 23 heavy (non-hydrogen) atoms. The first-order valence-electron chi connectivity index (χ1n) is 8.02. The molecule has 0 amide bonds. The Morgan fingerprint density at radius 3 is 2.39 bits per heavy atom. The lowest BCUT2D eigenvalue weighted by Crippen LogP contribution is -2.32. The smallest absolute Gasteiger partial charge is 0.104 e. The number of hydrogen-bond donors (Lipinski definition) is 2. The van der Waals surface area contributed by atoms with Gasteiger partial charge in [-0.3, -0.25) is 5.32 Å². The highest BCUT2D eigenvalue weighted by atomic mass is 127. The Balaban J connectivity index is 1.90. The van der Waals surface area contributed by atoms with Crippen molar-refractivity contribution in [1.82, 2.24) is 5.32 Å². The van der Waals surface area contributed by atoms with Gasteiger partial charge in [-0.25, -0.2) is 0 Å². The molecule has 0 bridgehead atoms. The summed E-state index contributed by atoms with van der Waals surface area (Å²) in [5.74, 6) is 0. The molecule has 5 nitrogen and oxygen atoms in total. The fourth-order valence-electron chi connectivity index (χ4n) is 2.01. The minimum atomic E-state index is -0.472. The van der Waals surface area contributed by atoms with E-state index < -0.39 is 6.23 Å². The molecule has 0 spiro atoms. The van der Waals surface area contributed by atoms with Crippen molar-refractivity contribution in [2.24, 2.45) is 0 Å². The van der Waals surface area contributed by atoms with Gasteiger partial charge in [-0.05, 0) is 59.5 Å². The number of benzene rings is 1. The van der Waals surface area contributed by atoms with Crippen LogP contribution in [-0.2, 0) is 20.6 Å². The van der Waals surface area contributed by atoms with Crippen LogP contribution in [0.1, 0.15) is 18.4 Å². The van der Waals surface area contributed by atoms with Crippen LogP contribution in [0.5, 0.6) is 0 Å². The lowest BCUT2D eigenvalue weighted by molar-refractivity contribution is 0.0222. The quantitative estimate of drug-likeness (QED) is 0.266. The third kappa shape index (κ3) is 11.9. The van der Waals surface area contributed by atoms with Crippen molar-refractivity contribution in [3.63, 3.8) is 0 Å². The molecule has 0 aliphatic rings. The summed E-state index contributed by atoms with van der Waals surface area (Å²) in [6.45, 7) is 3.55. The number of methoxy groups -OCH3 is 1. The number of aliphatic hydroxyl groups excluding tert-OH is 1. The molecule has 1 aromatic rings. The molecule has 1 atom stereocenters. The van der Waals surface area contributed by atoms with Gasteiger partial charge < -0.3 is 19.3 Å².